The van der Waals surface area contributed by atoms with E-state index in [1.54, 1.807) is 6.20 Å². The van der Waals surface area contributed by atoms with Gasteiger partial charge in [-0.05, 0) is 44.0 Å². The van der Waals surface area contributed by atoms with Crippen LogP contribution in [0.4, 0.5) is 5.69 Å². The van der Waals surface area contributed by atoms with Crippen molar-refractivity contribution in [3.05, 3.63) is 65.4 Å². The third-order valence-corrected chi connectivity index (χ3v) is 4.38. The number of rotatable bonds is 3. The predicted molar refractivity (Wildman–Crippen MR) is 101 cm³/mol. The van der Waals surface area contributed by atoms with Gasteiger partial charge in [0.1, 0.15) is 11.4 Å². The van der Waals surface area contributed by atoms with E-state index in [0.717, 1.165) is 34.0 Å². The Labute approximate surface area is 145 Å². The summed E-state index contributed by atoms with van der Waals surface area (Å²) in [7, 11) is 0. The molecule has 2 N–H and O–H groups in total. The number of aromatic amines is 2. The van der Waals surface area contributed by atoms with Crippen LogP contribution in [0.25, 0.3) is 22.6 Å². The first-order valence-electron chi connectivity index (χ1n) is 8.24. The Hall–Kier alpha value is -3.21. The van der Waals surface area contributed by atoms with E-state index in [-0.39, 0.29) is 0 Å². The van der Waals surface area contributed by atoms with Gasteiger partial charge in [0, 0.05) is 11.3 Å². The predicted octanol–water partition coefficient (Wildman–Crippen LogP) is 4.71. The van der Waals surface area contributed by atoms with Gasteiger partial charge in [-0.2, -0.15) is 5.10 Å². The zero-order chi connectivity index (χ0) is 17.4. The van der Waals surface area contributed by atoms with Crippen LogP contribution in [0.5, 0.6) is 0 Å². The van der Waals surface area contributed by atoms with Crippen LogP contribution in [0.15, 0.2) is 53.7 Å². The Balaban J connectivity index is 1.79. The van der Waals surface area contributed by atoms with Gasteiger partial charge in [0.25, 0.3) is 0 Å². The molecule has 0 aliphatic heterocycles. The van der Waals surface area contributed by atoms with Crippen LogP contribution in [0.2, 0.25) is 0 Å². The maximum Gasteiger partial charge on any atom is 0.158 e. The van der Waals surface area contributed by atoms with Crippen LogP contribution < -0.4 is 0 Å². The van der Waals surface area contributed by atoms with Gasteiger partial charge in [-0.3, -0.25) is 5.10 Å². The Kier molecular flexibility index (Phi) is 3.69. The van der Waals surface area contributed by atoms with Crippen LogP contribution >= 0.6 is 0 Å². The normalized spacial score (nSPS) is 12.0. The van der Waals surface area contributed by atoms with Gasteiger partial charge in [-0.1, -0.05) is 30.3 Å². The number of aryl methyl sites for hydroxylation is 2. The van der Waals surface area contributed by atoms with Gasteiger partial charge in [0.15, 0.2) is 5.82 Å². The molecule has 5 nitrogen and oxygen atoms in total. The van der Waals surface area contributed by atoms with Crippen molar-refractivity contribution in [3.63, 3.8) is 0 Å². The van der Waals surface area contributed by atoms with Gasteiger partial charge in [-0.25, -0.2) is 9.98 Å². The fourth-order valence-electron chi connectivity index (χ4n) is 3.23. The highest BCUT2D eigenvalue weighted by molar-refractivity contribution is 6.03. The summed E-state index contributed by atoms with van der Waals surface area (Å²) in [5.41, 5.74) is 8.07. The summed E-state index contributed by atoms with van der Waals surface area (Å²) in [6.07, 6.45) is 1.74. The van der Waals surface area contributed by atoms with E-state index in [4.69, 9.17) is 4.99 Å². The van der Waals surface area contributed by atoms with E-state index in [2.05, 4.69) is 52.2 Å². The first kappa shape index (κ1) is 15.3. The van der Waals surface area contributed by atoms with Gasteiger partial charge in [0.05, 0.1) is 17.2 Å². The summed E-state index contributed by atoms with van der Waals surface area (Å²) in [4.78, 5) is 12.8. The van der Waals surface area contributed by atoms with Crippen molar-refractivity contribution in [2.24, 2.45) is 4.99 Å². The lowest BCUT2D eigenvalue weighted by molar-refractivity contribution is 1.08. The molecule has 2 heterocycles. The molecule has 0 amide bonds. The fourth-order valence-corrected chi connectivity index (χ4v) is 3.23. The van der Waals surface area contributed by atoms with Crippen molar-refractivity contribution in [2.45, 2.75) is 20.8 Å². The van der Waals surface area contributed by atoms with Crippen molar-refractivity contribution in [2.75, 3.05) is 0 Å². The highest BCUT2D eigenvalue weighted by Crippen LogP contribution is 2.28. The van der Waals surface area contributed by atoms with E-state index >= 15 is 0 Å². The third-order valence-electron chi connectivity index (χ3n) is 4.38. The third kappa shape index (κ3) is 2.74. The molecule has 0 saturated heterocycles. The molecule has 5 heteroatoms. The summed E-state index contributed by atoms with van der Waals surface area (Å²) in [6, 6.07) is 14.2. The minimum Gasteiger partial charge on any atom is -0.337 e. The standard InChI is InChI=1S/C20H19N5/c1-12-7-6-8-13(2)18(12)14(3)22-17-11-21-25-19(17)20-23-15-9-4-5-10-16(15)24-20/h4-11H,1-3H3,(H,21,25)(H,23,24). The lowest BCUT2D eigenvalue weighted by atomic mass is 9.99. The maximum atomic E-state index is 4.82. The zero-order valence-corrected chi connectivity index (χ0v) is 14.5. The summed E-state index contributed by atoms with van der Waals surface area (Å²) in [6.45, 7) is 6.25. The van der Waals surface area contributed by atoms with Crippen molar-refractivity contribution >= 4 is 22.4 Å². The van der Waals surface area contributed by atoms with E-state index in [9.17, 15) is 0 Å². The van der Waals surface area contributed by atoms with E-state index in [1.807, 2.05) is 31.2 Å². The molecule has 0 radical (unpaired) electrons. The number of para-hydroxylation sites is 2. The first-order chi connectivity index (χ1) is 12.1. The number of aliphatic imine (C=N–C) groups is 1. The SMILES string of the molecule is CC(=Nc1cn[nH]c1-c1nc2ccccc2[nH]1)c1c(C)cccc1C. The second-order valence-electron chi connectivity index (χ2n) is 6.20. The van der Waals surface area contributed by atoms with E-state index < -0.39 is 0 Å². The average Bonchev–Trinajstić information content (AvgIpc) is 3.20. The number of fused-ring (bicyclic) bond motifs is 1. The number of aromatic nitrogens is 4. The van der Waals surface area contributed by atoms with Crippen molar-refractivity contribution in [1.82, 2.24) is 20.2 Å². The van der Waals surface area contributed by atoms with Gasteiger partial charge >= 0.3 is 0 Å². The molecule has 2 aromatic carbocycles. The smallest absolute Gasteiger partial charge is 0.158 e. The molecule has 0 bridgehead atoms. The minimum atomic E-state index is 0.742. The number of nitrogens with one attached hydrogen (secondary N) is 2. The summed E-state index contributed by atoms with van der Waals surface area (Å²) in [5, 5.41) is 7.19. The van der Waals surface area contributed by atoms with Gasteiger partial charge in [-0.15, -0.1) is 0 Å². The first-order valence-corrected chi connectivity index (χ1v) is 8.24. The van der Waals surface area contributed by atoms with Crippen molar-refractivity contribution in [1.29, 1.82) is 0 Å². The van der Waals surface area contributed by atoms with E-state index in [0.29, 0.717) is 0 Å². The molecule has 25 heavy (non-hydrogen) atoms. The molecule has 0 saturated carbocycles. The number of nitrogens with zero attached hydrogens (tertiary/aromatic N) is 3. The maximum absolute atomic E-state index is 4.82. The fraction of sp³-hybridized carbons (Fsp3) is 0.150. The second kappa shape index (κ2) is 6.02. The quantitative estimate of drug-likeness (QED) is 0.534. The van der Waals surface area contributed by atoms with Crippen LogP contribution in [-0.4, -0.2) is 25.9 Å². The van der Waals surface area contributed by atoms with Crippen LogP contribution in [0.3, 0.4) is 0 Å². The number of H-pyrrole nitrogens is 2. The Morgan fingerprint density at radius 3 is 2.52 bits per heavy atom. The van der Waals surface area contributed by atoms with Crippen LogP contribution in [0, 0.1) is 13.8 Å². The molecule has 2 aromatic heterocycles. The number of hydrogen-bond acceptors (Lipinski definition) is 3. The molecule has 4 aromatic rings. The molecular formula is C20H19N5. The Morgan fingerprint density at radius 2 is 1.76 bits per heavy atom. The molecule has 0 atom stereocenters. The largest absolute Gasteiger partial charge is 0.337 e. The molecule has 0 fully saturated rings. The highest BCUT2D eigenvalue weighted by atomic mass is 15.1. The number of imidazole rings is 1. The summed E-state index contributed by atoms with van der Waals surface area (Å²) < 4.78 is 0. The van der Waals surface area contributed by atoms with Gasteiger partial charge in [0.2, 0.25) is 0 Å². The number of hydrogen-bond donors (Lipinski definition) is 2. The second-order valence-corrected chi connectivity index (χ2v) is 6.20. The lowest BCUT2D eigenvalue weighted by Crippen LogP contribution is -2.01. The van der Waals surface area contributed by atoms with Crippen molar-refractivity contribution < 1.29 is 0 Å². The molecule has 4 rings (SSSR count). The van der Waals surface area contributed by atoms with Crippen LogP contribution in [0.1, 0.15) is 23.6 Å². The lowest BCUT2D eigenvalue weighted by Gasteiger charge is -2.09. The number of benzene rings is 2. The minimum absolute atomic E-state index is 0.742. The summed E-state index contributed by atoms with van der Waals surface area (Å²) in [5.74, 6) is 0.742. The highest BCUT2D eigenvalue weighted by Gasteiger charge is 2.13. The summed E-state index contributed by atoms with van der Waals surface area (Å²) >= 11 is 0. The Morgan fingerprint density at radius 1 is 1.00 bits per heavy atom. The molecule has 0 spiro atoms. The molecule has 0 aliphatic rings. The molecular weight excluding hydrogens is 310 g/mol. The topological polar surface area (TPSA) is 69.7 Å². The average molecular weight is 329 g/mol. The Bertz CT molecular complexity index is 1030. The molecule has 124 valence electrons. The monoisotopic (exact) mass is 329 g/mol. The van der Waals surface area contributed by atoms with Gasteiger partial charge < -0.3 is 4.98 Å². The molecule has 0 unspecified atom stereocenters. The zero-order valence-electron chi connectivity index (χ0n) is 14.5. The van der Waals surface area contributed by atoms with E-state index in [1.165, 1.54) is 16.7 Å². The van der Waals surface area contributed by atoms with Crippen molar-refractivity contribution in [3.8, 4) is 11.5 Å². The molecule has 0 aliphatic carbocycles. The van der Waals surface area contributed by atoms with Crippen LogP contribution in [-0.2, 0) is 0 Å².